The van der Waals surface area contributed by atoms with E-state index in [1.54, 1.807) is 6.20 Å². The molecule has 0 bridgehead atoms. The average Bonchev–Trinajstić information content (AvgIpc) is 3.59. The van der Waals surface area contributed by atoms with E-state index < -0.39 is 0 Å². The van der Waals surface area contributed by atoms with Crippen LogP contribution < -0.4 is 20.3 Å². The standard InChI is InChI=1S/C28H35N5O2/c1-19-7-8-20(33-17-21(18-33)32(3)4)16-23(19)27(34)31-28(11-12-28)24-9-10-25(35-15-14-29-2)26-22(24)6-5-13-30-26/h5-10,13,16,21,29H,11-12,14-15,17-18H2,1-4H3,(H,31,34). The molecule has 2 aliphatic rings. The van der Waals surface area contributed by atoms with Gasteiger partial charge in [0.25, 0.3) is 5.91 Å². The summed E-state index contributed by atoms with van der Waals surface area (Å²) in [4.78, 5) is 22.7. The molecule has 7 nitrogen and oxygen atoms in total. The number of nitrogens with zero attached hydrogens (tertiary/aromatic N) is 3. The molecule has 0 atom stereocenters. The van der Waals surface area contributed by atoms with Crippen LogP contribution in [0.5, 0.6) is 5.75 Å². The lowest BCUT2D eigenvalue weighted by molar-refractivity contribution is 0.0930. The van der Waals surface area contributed by atoms with Crippen molar-refractivity contribution in [3.05, 3.63) is 65.4 Å². The highest BCUT2D eigenvalue weighted by molar-refractivity contribution is 5.98. The van der Waals surface area contributed by atoms with E-state index in [-0.39, 0.29) is 11.4 Å². The molecule has 2 N–H and O–H groups in total. The Morgan fingerprint density at radius 1 is 1.20 bits per heavy atom. The maximum Gasteiger partial charge on any atom is 0.252 e. The Hall–Kier alpha value is -3.16. The van der Waals surface area contributed by atoms with E-state index >= 15 is 0 Å². The summed E-state index contributed by atoms with van der Waals surface area (Å²) in [6.45, 7) is 5.33. The molecule has 3 aromatic rings. The number of carbonyl (C=O) groups excluding carboxylic acids is 1. The molecule has 35 heavy (non-hydrogen) atoms. The quantitative estimate of drug-likeness (QED) is 0.465. The van der Waals surface area contributed by atoms with Crippen molar-refractivity contribution >= 4 is 22.5 Å². The summed E-state index contributed by atoms with van der Waals surface area (Å²) in [7, 11) is 6.14. The Morgan fingerprint density at radius 2 is 2.00 bits per heavy atom. The first-order valence-corrected chi connectivity index (χ1v) is 12.4. The fourth-order valence-electron chi connectivity index (χ4n) is 4.86. The lowest BCUT2D eigenvalue weighted by atomic mass is 9.97. The van der Waals surface area contributed by atoms with Crippen LogP contribution in [-0.4, -0.2) is 69.2 Å². The highest BCUT2D eigenvalue weighted by Crippen LogP contribution is 2.49. The summed E-state index contributed by atoms with van der Waals surface area (Å²) < 4.78 is 5.97. The number of rotatable bonds is 9. The lowest BCUT2D eigenvalue weighted by Crippen LogP contribution is -2.57. The molecule has 1 amide bonds. The van der Waals surface area contributed by atoms with Crippen LogP contribution >= 0.6 is 0 Å². The molecule has 1 aromatic heterocycles. The number of hydrogen-bond donors (Lipinski definition) is 2. The first kappa shape index (κ1) is 23.6. The largest absolute Gasteiger partial charge is 0.490 e. The van der Waals surface area contributed by atoms with E-state index in [1.807, 2.05) is 32.2 Å². The molecule has 7 heteroatoms. The third-order valence-corrected chi connectivity index (χ3v) is 7.38. The first-order valence-electron chi connectivity index (χ1n) is 12.4. The Bertz CT molecular complexity index is 1230. The van der Waals surface area contributed by atoms with Crippen LogP contribution in [0.4, 0.5) is 5.69 Å². The van der Waals surface area contributed by atoms with Gasteiger partial charge in [-0.05, 0) is 76.3 Å². The smallest absolute Gasteiger partial charge is 0.252 e. The average molecular weight is 474 g/mol. The summed E-state index contributed by atoms with van der Waals surface area (Å²) in [6.07, 6.45) is 3.62. The fraction of sp³-hybridized carbons (Fsp3) is 0.429. The van der Waals surface area contributed by atoms with Gasteiger partial charge >= 0.3 is 0 Å². The number of aromatic nitrogens is 1. The highest BCUT2D eigenvalue weighted by atomic mass is 16.5. The molecular weight excluding hydrogens is 438 g/mol. The van der Waals surface area contributed by atoms with Crippen molar-refractivity contribution in [3.63, 3.8) is 0 Å². The van der Waals surface area contributed by atoms with Crippen LogP contribution in [0.15, 0.2) is 48.7 Å². The van der Waals surface area contributed by atoms with E-state index in [4.69, 9.17) is 4.74 Å². The van der Waals surface area contributed by atoms with Gasteiger partial charge in [-0.25, -0.2) is 0 Å². The number of pyridine rings is 1. The Labute approximate surface area is 207 Å². The third kappa shape index (κ3) is 4.58. The van der Waals surface area contributed by atoms with Gasteiger partial charge in [0, 0.05) is 48.5 Å². The van der Waals surface area contributed by atoms with Crippen molar-refractivity contribution in [1.29, 1.82) is 0 Å². The SMILES string of the molecule is CNCCOc1ccc(C2(NC(=O)c3cc(N4CC(N(C)C)C4)ccc3C)CC2)c2cccnc12. The van der Waals surface area contributed by atoms with Crippen molar-refractivity contribution in [2.75, 3.05) is 52.3 Å². The molecule has 184 valence electrons. The molecule has 1 saturated heterocycles. The molecule has 0 radical (unpaired) electrons. The van der Waals surface area contributed by atoms with Crippen molar-refractivity contribution in [3.8, 4) is 5.75 Å². The maximum atomic E-state index is 13.5. The molecule has 2 heterocycles. The van der Waals surface area contributed by atoms with Gasteiger partial charge < -0.3 is 25.2 Å². The number of nitrogens with one attached hydrogen (secondary N) is 2. The molecule has 1 aliphatic heterocycles. The zero-order valence-electron chi connectivity index (χ0n) is 21.1. The molecule has 2 fully saturated rings. The Balaban J connectivity index is 1.38. The van der Waals surface area contributed by atoms with Gasteiger partial charge in [-0.2, -0.15) is 0 Å². The van der Waals surface area contributed by atoms with Crippen molar-refractivity contribution in [2.24, 2.45) is 0 Å². The molecule has 2 aromatic carbocycles. The van der Waals surface area contributed by atoms with Crippen LogP contribution in [0, 0.1) is 6.92 Å². The molecular formula is C28H35N5O2. The predicted molar refractivity (Wildman–Crippen MR) is 140 cm³/mol. The molecule has 1 aliphatic carbocycles. The number of amides is 1. The number of likely N-dealkylation sites (N-methyl/N-ethyl adjacent to an activating group) is 2. The summed E-state index contributed by atoms with van der Waals surface area (Å²) in [6, 6.07) is 14.9. The monoisotopic (exact) mass is 473 g/mol. The summed E-state index contributed by atoms with van der Waals surface area (Å²) in [5.41, 5.74) is 4.44. The summed E-state index contributed by atoms with van der Waals surface area (Å²) in [5.74, 6) is 0.758. The minimum absolute atomic E-state index is 0.0158. The van der Waals surface area contributed by atoms with Crippen LogP contribution in [0.25, 0.3) is 10.9 Å². The van der Waals surface area contributed by atoms with Crippen LogP contribution in [0.3, 0.4) is 0 Å². The number of carbonyl (C=O) groups is 1. The second kappa shape index (κ2) is 9.47. The molecule has 5 rings (SSSR count). The van der Waals surface area contributed by atoms with Crippen LogP contribution in [0.1, 0.15) is 34.3 Å². The van der Waals surface area contributed by atoms with Crippen LogP contribution in [-0.2, 0) is 5.54 Å². The number of anilines is 1. The molecule has 0 spiro atoms. The maximum absolute atomic E-state index is 13.5. The van der Waals surface area contributed by atoms with Crippen molar-refractivity contribution in [1.82, 2.24) is 20.5 Å². The normalized spacial score (nSPS) is 16.9. The zero-order valence-corrected chi connectivity index (χ0v) is 21.1. The topological polar surface area (TPSA) is 69.7 Å². The van der Waals surface area contributed by atoms with E-state index in [0.717, 1.165) is 71.5 Å². The number of hydrogen-bond acceptors (Lipinski definition) is 6. The van der Waals surface area contributed by atoms with Gasteiger partial charge in [0.2, 0.25) is 0 Å². The Morgan fingerprint density at radius 3 is 2.71 bits per heavy atom. The number of ether oxygens (including phenoxy) is 1. The number of fused-ring (bicyclic) bond motifs is 1. The van der Waals surface area contributed by atoms with E-state index in [9.17, 15) is 4.79 Å². The van der Waals surface area contributed by atoms with Crippen LogP contribution in [0.2, 0.25) is 0 Å². The second-order valence-corrected chi connectivity index (χ2v) is 10.0. The Kier molecular flexibility index (Phi) is 6.38. The van der Waals surface area contributed by atoms with E-state index in [2.05, 4.69) is 63.8 Å². The number of aryl methyl sites for hydroxylation is 1. The number of benzene rings is 2. The summed E-state index contributed by atoms with van der Waals surface area (Å²) in [5, 5.41) is 7.53. The van der Waals surface area contributed by atoms with Gasteiger partial charge in [0.05, 0.1) is 5.54 Å². The van der Waals surface area contributed by atoms with Gasteiger partial charge in [0.15, 0.2) is 0 Å². The first-order chi connectivity index (χ1) is 16.9. The van der Waals surface area contributed by atoms with Gasteiger partial charge in [-0.15, -0.1) is 0 Å². The van der Waals surface area contributed by atoms with Gasteiger partial charge in [-0.1, -0.05) is 18.2 Å². The van der Waals surface area contributed by atoms with Gasteiger partial charge in [-0.3, -0.25) is 9.78 Å². The minimum atomic E-state index is -0.364. The minimum Gasteiger partial charge on any atom is -0.490 e. The molecule has 0 unspecified atom stereocenters. The third-order valence-electron chi connectivity index (χ3n) is 7.38. The summed E-state index contributed by atoms with van der Waals surface area (Å²) >= 11 is 0. The van der Waals surface area contributed by atoms with E-state index in [1.165, 1.54) is 0 Å². The van der Waals surface area contributed by atoms with Crippen molar-refractivity contribution in [2.45, 2.75) is 31.3 Å². The second-order valence-electron chi connectivity index (χ2n) is 10.0. The molecule has 1 saturated carbocycles. The van der Waals surface area contributed by atoms with E-state index in [0.29, 0.717) is 12.6 Å². The fourth-order valence-corrected chi connectivity index (χ4v) is 4.86. The predicted octanol–water partition coefficient (Wildman–Crippen LogP) is 3.31. The van der Waals surface area contributed by atoms with Gasteiger partial charge in [0.1, 0.15) is 17.9 Å². The zero-order chi connectivity index (χ0) is 24.6. The highest BCUT2D eigenvalue weighted by Gasteiger charge is 2.47. The van der Waals surface area contributed by atoms with Crippen molar-refractivity contribution < 1.29 is 9.53 Å². The lowest BCUT2D eigenvalue weighted by Gasteiger charge is -2.44.